The van der Waals surface area contributed by atoms with Crippen molar-refractivity contribution in [3.63, 3.8) is 0 Å². The molecule has 0 bridgehead atoms. The van der Waals surface area contributed by atoms with Gasteiger partial charge in [0.25, 0.3) is 5.56 Å². The van der Waals surface area contributed by atoms with Crippen LogP contribution in [0.15, 0.2) is 23.0 Å². The van der Waals surface area contributed by atoms with Crippen molar-refractivity contribution in [1.82, 2.24) is 14.5 Å². The molecular weight excluding hydrogens is 353 g/mol. The molecule has 2 heterocycles. The van der Waals surface area contributed by atoms with E-state index in [1.807, 2.05) is 0 Å². The van der Waals surface area contributed by atoms with E-state index in [0.717, 1.165) is 18.9 Å². The second-order valence-electron chi connectivity index (χ2n) is 6.82. The number of halogens is 1. The molecule has 0 saturated carbocycles. The molecule has 27 heavy (non-hydrogen) atoms. The fraction of sp³-hybridized carbons (Fsp3) is 0.474. The third kappa shape index (κ3) is 4.15. The molecular formula is C19H22FN3O4. The van der Waals surface area contributed by atoms with Crippen molar-refractivity contribution in [2.45, 2.75) is 32.7 Å². The maximum absolute atomic E-state index is 13.5. The molecule has 1 aliphatic heterocycles. The summed E-state index contributed by atoms with van der Waals surface area (Å²) in [5.41, 5.74) is -0.0165. The van der Waals surface area contributed by atoms with Crippen LogP contribution in [0.5, 0.6) is 0 Å². The van der Waals surface area contributed by atoms with Crippen molar-refractivity contribution in [1.29, 1.82) is 0 Å². The van der Waals surface area contributed by atoms with Crippen LogP contribution in [0, 0.1) is 18.7 Å². The summed E-state index contributed by atoms with van der Waals surface area (Å²) in [6, 6.07) is 3.85. The Bertz CT molecular complexity index is 932. The maximum Gasteiger partial charge on any atom is 0.305 e. The van der Waals surface area contributed by atoms with Gasteiger partial charge in [0.15, 0.2) is 0 Å². The minimum atomic E-state index is -0.518. The van der Waals surface area contributed by atoms with Gasteiger partial charge in [-0.3, -0.25) is 19.0 Å². The Morgan fingerprint density at radius 2 is 2.00 bits per heavy atom. The van der Waals surface area contributed by atoms with Crippen LogP contribution in [0.1, 0.15) is 25.1 Å². The Kier molecular flexibility index (Phi) is 5.53. The van der Waals surface area contributed by atoms with Crippen LogP contribution in [-0.2, 0) is 20.9 Å². The van der Waals surface area contributed by atoms with Crippen molar-refractivity contribution in [2.24, 2.45) is 5.92 Å². The zero-order valence-corrected chi connectivity index (χ0v) is 15.4. The highest BCUT2D eigenvalue weighted by atomic mass is 19.1. The normalized spacial score (nSPS) is 15.1. The molecule has 1 aliphatic rings. The van der Waals surface area contributed by atoms with Gasteiger partial charge in [-0.1, -0.05) is 0 Å². The van der Waals surface area contributed by atoms with Gasteiger partial charge in [0.2, 0.25) is 5.91 Å². The number of aromatic nitrogens is 2. The quantitative estimate of drug-likeness (QED) is 0.759. The van der Waals surface area contributed by atoms with Gasteiger partial charge in [-0.25, -0.2) is 9.37 Å². The number of fused-ring (bicyclic) bond motifs is 1. The fourth-order valence-electron chi connectivity index (χ4n) is 3.43. The lowest BCUT2D eigenvalue weighted by Gasteiger charge is -2.31. The van der Waals surface area contributed by atoms with Gasteiger partial charge in [-0.15, -0.1) is 0 Å². The molecule has 1 aromatic heterocycles. The Balaban J connectivity index is 1.72. The monoisotopic (exact) mass is 375 g/mol. The molecule has 1 fully saturated rings. The number of nitrogens with zero attached hydrogens (tertiary/aromatic N) is 3. The number of methoxy groups -OCH3 is 1. The summed E-state index contributed by atoms with van der Waals surface area (Å²) < 4.78 is 19.4. The summed E-state index contributed by atoms with van der Waals surface area (Å²) in [5.74, 6) is -0.328. The number of ether oxygens (including phenoxy) is 1. The predicted octanol–water partition coefficient (Wildman–Crippen LogP) is 1.65. The van der Waals surface area contributed by atoms with Crippen molar-refractivity contribution in [2.75, 3.05) is 20.2 Å². The highest BCUT2D eigenvalue weighted by Gasteiger charge is 2.25. The molecule has 0 spiro atoms. The molecule has 144 valence electrons. The fourth-order valence-corrected chi connectivity index (χ4v) is 3.43. The van der Waals surface area contributed by atoms with Crippen molar-refractivity contribution >= 4 is 22.8 Å². The molecule has 0 N–H and O–H groups in total. The van der Waals surface area contributed by atoms with Crippen LogP contribution in [0.2, 0.25) is 0 Å². The minimum Gasteiger partial charge on any atom is -0.469 e. The number of hydrogen-bond donors (Lipinski definition) is 0. The molecule has 1 aromatic carbocycles. The second-order valence-corrected chi connectivity index (χ2v) is 6.82. The van der Waals surface area contributed by atoms with E-state index in [2.05, 4.69) is 9.72 Å². The van der Waals surface area contributed by atoms with Gasteiger partial charge in [0, 0.05) is 19.5 Å². The van der Waals surface area contributed by atoms with E-state index in [1.54, 1.807) is 11.8 Å². The topological polar surface area (TPSA) is 81.5 Å². The van der Waals surface area contributed by atoms with E-state index < -0.39 is 11.4 Å². The molecule has 0 unspecified atom stereocenters. The third-order valence-corrected chi connectivity index (χ3v) is 5.05. The number of piperidine rings is 1. The molecule has 0 aliphatic carbocycles. The molecule has 0 atom stereocenters. The third-order valence-electron chi connectivity index (χ3n) is 5.05. The average molecular weight is 375 g/mol. The number of esters is 1. The molecule has 8 heteroatoms. The number of aryl methyl sites for hydroxylation is 1. The van der Waals surface area contributed by atoms with Crippen LogP contribution < -0.4 is 5.56 Å². The van der Waals surface area contributed by atoms with E-state index in [1.165, 1.54) is 23.8 Å². The van der Waals surface area contributed by atoms with Gasteiger partial charge in [-0.05, 0) is 43.9 Å². The largest absolute Gasteiger partial charge is 0.469 e. The first-order chi connectivity index (χ1) is 12.9. The second kappa shape index (κ2) is 7.85. The van der Waals surface area contributed by atoms with E-state index in [0.29, 0.717) is 30.9 Å². The van der Waals surface area contributed by atoms with Crippen molar-refractivity contribution in [3.8, 4) is 0 Å². The summed E-state index contributed by atoms with van der Waals surface area (Å²) >= 11 is 0. The Morgan fingerprint density at radius 1 is 1.30 bits per heavy atom. The average Bonchev–Trinajstić information content (AvgIpc) is 2.66. The number of rotatable bonds is 4. The van der Waals surface area contributed by atoms with E-state index >= 15 is 0 Å². The lowest BCUT2D eigenvalue weighted by atomic mass is 9.93. The van der Waals surface area contributed by atoms with Gasteiger partial charge in [0.1, 0.15) is 18.2 Å². The highest BCUT2D eigenvalue weighted by molar-refractivity contribution is 5.79. The number of amides is 1. The van der Waals surface area contributed by atoms with Gasteiger partial charge in [0.05, 0.1) is 18.0 Å². The molecule has 1 amide bonds. The molecule has 7 nitrogen and oxygen atoms in total. The Hall–Kier alpha value is -2.77. The summed E-state index contributed by atoms with van der Waals surface area (Å²) in [6.07, 6.45) is 1.79. The Morgan fingerprint density at radius 3 is 2.67 bits per heavy atom. The first kappa shape index (κ1) is 19.0. The lowest BCUT2D eigenvalue weighted by Crippen LogP contribution is -2.42. The van der Waals surface area contributed by atoms with Crippen molar-refractivity contribution < 1.29 is 18.7 Å². The van der Waals surface area contributed by atoms with Gasteiger partial charge >= 0.3 is 5.97 Å². The van der Waals surface area contributed by atoms with Crippen molar-refractivity contribution in [3.05, 3.63) is 40.2 Å². The number of likely N-dealkylation sites (tertiary alicyclic amines) is 1. The molecule has 3 rings (SSSR count). The summed E-state index contributed by atoms with van der Waals surface area (Å²) in [5, 5.41) is 0.158. The predicted molar refractivity (Wildman–Crippen MR) is 96.6 cm³/mol. The number of benzene rings is 1. The number of carbonyl (C=O) groups is 2. The summed E-state index contributed by atoms with van der Waals surface area (Å²) in [6.45, 7) is 2.58. The van der Waals surface area contributed by atoms with Gasteiger partial charge < -0.3 is 9.64 Å². The summed E-state index contributed by atoms with van der Waals surface area (Å²) in [7, 11) is 1.37. The molecule has 2 aromatic rings. The maximum atomic E-state index is 13.5. The van der Waals surface area contributed by atoms with Crippen LogP contribution in [-0.4, -0.2) is 46.5 Å². The smallest absolute Gasteiger partial charge is 0.305 e. The minimum absolute atomic E-state index is 0.133. The van der Waals surface area contributed by atoms with Crippen LogP contribution in [0.3, 0.4) is 0 Å². The highest BCUT2D eigenvalue weighted by Crippen LogP contribution is 2.21. The number of hydrogen-bond acceptors (Lipinski definition) is 5. The molecule has 0 radical (unpaired) electrons. The van der Waals surface area contributed by atoms with E-state index in [9.17, 15) is 18.8 Å². The first-order valence-corrected chi connectivity index (χ1v) is 8.90. The van der Waals surface area contributed by atoms with E-state index in [-0.39, 0.29) is 29.7 Å². The zero-order chi connectivity index (χ0) is 19.6. The lowest BCUT2D eigenvalue weighted by molar-refractivity contribution is -0.142. The molecule has 1 saturated heterocycles. The standard InChI is InChI=1S/C19H22FN3O4/c1-12-21-16-4-3-14(20)10-15(16)19(26)23(12)11-17(24)22-7-5-13(6-8-22)9-18(25)27-2/h3-4,10,13H,5-9,11H2,1-2H3. The van der Waals surface area contributed by atoms with Crippen LogP contribution in [0.25, 0.3) is 10.9 Å². The van der Waals surface area contributed by atoms with Crippen LogP contribution in [0.4, 0.5) is 4.39 Å². The SMILES string of the molecule is COC(=O)CC1CCN(C(=O)Cn2c(C)nc3ccc(F)cc3c2=O)CC1. The number of carbonyl (C=O) groups excluding carboxylic acids is 2. The Labute approximate surface area is 155 Å². The zero-order valence-electron chi connectivity index (χ0n) is 15.4. The summed E-state index contributed by atoms with van der Waals surface area (Å²) in [4.78, 5) is 42.7. The van der Waals surface area contributed by atoms with Crippen LogP contribution >= 0.6 is 0 Å². The first-order valence-electron chi connectivity index (χ1n) is 8.90. The van der Waals surface area contributed by atoms with Gasteiger partial charge in [-0.2, -0.15) is 0 Å². The van der Waals surface area contributed by atoms with E-state index in [4.69, 9.17) is 0 Å².